The normalized spacial score (nSPS) is 14.5. The number of halogens is 1. The lowest BCUT2D eigenvalue weighted by Gasteiger charge is -2.27. The molecule has 1 aromatic heterocycles. The molecule has 0 atom stereocenters. The Morgan fingerprint density at radius 1 is 1.18 bits per heavy atom. The quantitative estimate of drug-likeness (QED) is 0.938. The first kappa shape index (κ1) is 14.6. The van der Waals surface area contributed by atoms with Crippen molar-refractivity contribution in [2.24, 2.45) is 0 Å². The zero-order chi connectivity index (χ0) is 15.4. The summed E-state index contributed by atoms with van der Waals surface area (Å²) in [4.78, 5) is 10.8. The van der Waals surface area contributed by atoms with E-state index < -0.39 is 0 Å². The van der Waals surface area contributed by atoms with Crippen LogP contribution in [-0.4, -0.2) is 36.3 Å². The lowest BCUT2D eigenvalue weighted by molar-refractivity contribution is 0.122. The van der Waals surface area contributed by atoms with E-state index in [2.05, 4.69) is 21.4 Å². The molecule has 0 unspecified atom stereocenters. The van der Waals surface area contributed by atoms with Crippen molar-refractivity contribution in [1.82, 2.24) is 9.97 Å². The standard InChI is InChI=1S/C15H14ClN5O/c16-11-1-3-12(4-2-11)18-14-9-13(10-17)19-15(20-14)21-5-7-22-8-6-21/h1-4,9H,5-8H2,(H,18,19,20). The van der Waals surface area contributed by atoms with Crippen molar-refractivity contribution >= 4 is 29.1 Å². The van der Waals surface area contributed by atoms with Gasteiger partial charge in [-0.2, -0.15) is 10.2 Å². The molecule has 6 nitrogen and oxygen atoms in total. The number of nitriles is 1. The second kappa shape index (κ2) is 6.60. The number of rotatable bonds is 3. The second-order valence-electron chi connectivity index (χ2n) is 4.78. The van der Waals surface area contributed by atoms with Gasteiger partial charge < -0.3 is 15.0 Å². The van der Waals surface area contributed by atoms with Crippen LogP contribution in [0.5, 0.6) is 0 Å². The molecule has 1 saturated heterocycles. The van der Waals surface area contributed by atoms with Gasteiger partial charge in [0.2, 0.25) is 5.95 Å². The van der Waals surface area contributed by atoms with Gasteiger partial charge in [-0.15, -0.1) is 0 Å². The molecule has 2 heterocycles. The SMILES string of the molecule is N#Cc1cc(Nc2ccc(Cl)cc2)nc(N2CCOCC2)n1. The number of nitrogens with one attached hydrogen (secondary N) is 1. The Morgan fingerprint density at radius 2 is 1.91 bits per heavy atom. The van der Waals surface area contributed by atoms with Crippen molar-refractivity contribution in [1.29, 1.82) is 5.26 Å². The van der Waals surface area contributed by atoms with Crippen molar-refractivity contribution in [2.45, 2.75) is 0 Å². The number of hydrogen-bond acceptors (Lipinski definition) is 6. The Bertz CT molecular complexity index is 692. The van der Waals surface area contributed by atoms with Crippen molar-refractivity contribution < 1.29 is 4.74 Å². The van der Waals surface area contributed by atoms with E-state index >= 15 is 0 Å². The van der Waals surface area contributed by atoms with Gasteiger partial charge in [-0.1, -0.05) is 11.6 Å². The molecule has 2 aromatic rings. The van der Waals surface area contributed by atoms with Crippen LogP contribution in [-0.2, 0) is 4.74 Å². The summed E-state index contributed by atoms with van der Waals surface area (Å²) in [5, 5.41) is 13.0. The molecule has 0 saturated carbocycles. The van der Waals surface area contributed by atoms with Gasteiger partial charge in [0.15, 0.2) is 0 Å². The molecule has 0 spiro atoms. The van der Waals surface area contributed by atoms with Crippen molar-refractivity contribution in [3.63, 3.8) is 0 Å². The van der Waals surface area contributed by atoms with E-state index in [-0.39, 0.29) is 0 Å². The Kier molecular flexibility index (Phi) is 4.37. The van der Waals surface area contributed by atoms with Crippen LogP contribution in [0, 0.1) is 11.3 Å². The summed E-state index contributed by atoms with van der Waals surface area (Å²) >= 11 is 5.87. The van der Waals surface area contributed by atoms with E-state index in [4.69, 9.17) is 21.6 Å². The first-order chi connectivity index (χ1) is 10.7. The molecule has 1 aromatic carbocycles. The van der Waals surface area contributed by atoms with Crippen LogP contribution in [0.3, 0.4) is 0 Å². The van der Waals surface area contributed by atoms with Gasteiger partial charge in [0.25, 0.3) is 0 Å². The van der Waals surface area contributed by atoms with Gasteiger partial charge in [0.05, 0.1) is 13.2 Å². The molecular formula is C15H14ClN5O. The van der Waals surface area contributed by atoms with Crippen LogP contribution in [0.2, 0.25) is 5.02 Å². The van der Waals surface area contributed by atoms with Crippen LogP contribution in [0.4, 0.5) is 17.5 Å². The molecule has 1 fully saturated rings. The number of benzene rings is 1. The number of ether oxygens (including phenoxy) is 1. The Hall–Kier alpha value is -2.36. The average molecular weight is 316 g/mol. The van der Waals surface area contributed by atoms with E-state index in [1.165, 1.54) is 0 Å². The molecule has 7 heteroatoms. The Morgan fingerprint density at radius 3 is 2.59 bits per heavy atom. The maximum Gasteiger partial charge on any atom is 0.228 e. The van der Waals surface area contributed by atoms with Crippen LogP contribution in [0.1, 0.15) is 5.69 Å². The summed E-state index contributed by atoms with van der Waals surface area (Å²) in [6.45, 7) is 2.71. The lowest BCUT2D eigenvalue weighted by atomic mass is 10.3. The molecule has 112 valence electrons. The molecule has 0 aliphatic carbocycles. The van der Waals surface area contributed by atoms with E-state index in [1.807, 2.05) is 17.0 Å². The van der Waals surface area contributed by atoms with Gasteiger partial charge >= 0.3 is 0 Å². The third kappa shape index (κ3) is 3.45. The lowest BCUT2D eigenvalue weighted by Crippen LogP contribution is -2.37. The summed E-state index contributed by atoms with van der Waals surface area (Å²) in [6, 6.07) is 11.0. The van der Waals surface area contributed by atoms with Crippen LogP contribution < -0.4 is 10.2 Å². The summed E-state index contributed by atoms with van der Waals surface area (Å²) < 4.78 is 5.32. The Balaban J connectivity index is 1.86. The third-order valence-electron chi connectivity index (χ3n) is 3.24. The van der Waals surface area contributed by atoms with E-state index in [0.29, 0.717) is 35.7 Å². The molecule has 3 rings (SSSR count). The Labute approximate surface area is 133 Å². The zero-order valence-electron chi connectivity index (χ0n) is 11.8. The number of anilines is 3. The van der Waals surface area contributed by atoms with Gasteiger partial charge in [-0.25, -0.2) is 4.98 Å². The van der Waals surface area contributed by atoms with Gasteiger partial charge in [-0.05, 0) is 24.3 Å². The van der Waals surface area contributed by atoms with Crippen LogP contribution >= 0.6 is 11.6 Å². The fourth-order valence-corrected chi connectivity index (χ4v) is 2.27. The molecule has 0 bridgehead atoms. The highest BCUT2D eigenvalue weighted by Gasteiger charge is 2.15. The number of hydrogen-bond donors (Lipinski definition) is 1. The van der Waals surface area contributed by atoms with Crippen LogP contribution in [0.15, 0.2) is 30.3 Å². The van der Waals surface area contributed by atoms with Crippen molar-refractivity contribution in [3.8, 4) is 6.07 Å². The van der Waals surface area contributed by atoms with E-state index in [1.54, 1.807) is 18.2 Å². The number of nitrogens with zero attached hydrogens (tertiary/aromatic N) is 4. The smallest absolute Gasteiger partial charge is 0.228 e. The fourth-order valence-electron chi connectivity index (χ4n) is 2.14. The zero-order valence-corrected chi connectivity index (χ0v) is 12.5. The van der Waals surface area contributed by atoms with Gasteiger partial charge in [0, 0.05) is 29.9 Å². The highest BCUT2D eigenvalue weighted by molar-refractivity contribution is 6.30. The summed E-state index contributed by atoms with van der Waals surface area (Å²) in [6.07, 6.45) is 0. The minimum Gasteiger partial charge on any atom is -0.378 e. The molecule has 1 N–H and O–H groups in total. The van der Waals surface area contributed by atoms with E-state index in [9.17, 15) is 0 Å². The van der Waals surface area contributed by atoms with Crippen molar-refractivity contribution in [3.05, 3.63) is 41.0 Å². The fraction of sp³-hybridized carbons (Fsp3) is 0.267. The minimum absolute atomic E-state index is 0.327. The molecule has 1 aliphatic rings. The molecule has 0 amide bonds. The second-order valence-corrected chi connectivity index (χ2v) is 5.22. The van der Waals surface area contributed by atoms with Gasteiger partial charge in [-0.3, -0.25) is 0 Å². The average Bonchev–Trinajstić information content (AvgIpc) is 2.57. The first-order valence-electron chi connectivity index (χ1n) is 6.89. The number of morpholine rings is 1. The largest absolute Gasteiger partial charge is 0.378 e. The van der Waals surface area contributed by atoms with Crippen LogP contribution in [0.25, 0.3) is 0 Å². The summed E-state index contributed by atoms with van der Waals surface area (Å²) in [7, 11) is 0. The maximum atomic E-state index is 9.16. The number of aromatic nitrogens is 2. The highest BCUT2D eigenvalue weighted by Crippen LogP contribution is 2.20. The molecule has 0 radical (unpaired) electrons. The maximum absolute atomic E-state index is 9.16. The highest BCUT2D eigenvalue weighted by atomic mass is 35.5. The third-order valence-corrected chi connectivity index (χ3v) is 3.49. The minimum atomic E-state index is 0.327. The molecular weight excluding hydrogens is 302 g/mol. The topological polar surface area (TPSA) is 74.1 Å². The molecule has 22 heavy (non-hydrogen) atoms. The monoisotopic (exact) mass is 315 g/mol. The summed E-state index contributed by atoms with van der Waals surface area (Å²) in [5.41, 5.74) is 1.17. The summed E-state index contributed by atoms with van der Waals surface area (Å²) in [5.74, 6) is 1.12. The van der Waals surface area contributed by atoms with Gasteiger partial charge in [0.1, 0.15) is 17.6 Å². The predicted octanol–water partition coefficient (Wildman–Crippen LogP) is 2.58. The first-order valence-corrected chi connectivity index (χ1v) is 7.27. The van der Waals surface area contributed by atoms with Crippen molar-refractivity contribution in [2.75, 3.05) is 36.5 Å². The predicted molar refractivity (Wildman–Crippen MR) is 84.5 cm³/mol. The molecule has 1 aliphatic heterocycles. The van der Waals surface area contributed by atoms with E-state index in [0.717, 1.165) is 18.8 Å².